The first-order valence-electron chi connectivity index (χ1n) is 6.25. The Kier molecular flexibility index (Phi) is 2.81. The fourth-order valence-corrected chi connectivity index (χ4v) is 2.50. The van der Waals surface area contributed by atoms with E-state index in [0.29, 0.717) is 12.1 Å². The van der Waals surface area contributed by atoms with Gasteiger partial charge in [0.2, 0.25) is 0 Å². The van der Waals surface area contributed by atoms with E-state index in [2.05, 4.69) is 9.97 Å². The minimum atomic E-state index is -0.335. The van der Waals surface area contributed by atoms with Gasteiger partial charge in [-0.2, -0.15) is 0 Å². The number of halogens is 1. The fourth-order valence-electron chi connectivity index (χ4n) is 2.50. The van der Waals surface area contributed by atoms with Gasteiger partial charge in [0.05, 0.1) is 18.1 Å². The van der Waals surface area contributed by atoms with Gasteiger partial charge in [0, 0.05) is 24.2 Å². The summed E-state index contributed by atoms with van der Waals surface area (Å²) < 4.78 is 12.9. The number of carbonyl (C=O) groups excluding carboxylic acids is 1. The molecule has 0 fully saturated rings. The molecule has 1 atom stereocenters. The third-order valence-corrected chi connectivity index (χ3v) is 3.57. The van der Waals surface area contributed by atoms with Gasteiger partial charge in [0.1, 0.15) is 5.82 Å². The number of hydrogen-bond donors (Lipinski definition) is 1. The Morgan fingerprint density at radius 1 is 1.42 bits per heavy atom. The number of benzene rings is 1. The third kappa shape index (κ3) is 2.01. The second-order valence-corrected chi connectivity index (χ2v) is 4.70. The zero-order chi connectivity index (χ0) is 13.4. The Bertz CT molecular complexity index is 605. The van der Waals surface area contributed by atoms with Gasteiger partial charge < -0.3 is 9.88 Å². The lowest BCUT2D eigenvalue weighted by molar-refractivity contribution is 0.0673. The lowest BCUT2D eigenvalue weighted by atomic mass is 10.0. The van der Waals surface area contributed by atoms with Crippen LogP contribution in [0.25, 0.3) is 0 Å². The highest BCUT2D eigenvalue weighted by Crippen LogP contribution is 2.27. The van der Waals surface area contributed by atoms with E-state index < -0.39 is 0 Å². The molecule has 0 radical (unpaired) electrons. The molecule has 0 bridgehead atoms. The number of H-pyrrole nitrogens is 1. The number of nitrogens with one attached hydrogen (secondary N) is 1. The minimum Gasteiger partial charge on any atom is -0.348 e. The number of carbonyl (C=O) groups is 1. The smallest absolute Gasteiger partial charge is 0.254 e. The lowest BCUT2D eigenvalue weighted by Gasteiger charge is -2.32. The SMILES string of the molecule is CC1c2nc[nH]c2CCN1C(=O)c1ccc(F)cc1. The number of hydrogen-bond acceptors (Lipinski definition) is 2. The number of aromatic nitrogens is 2. The average molecular weight is 259 g/mol. The molecule has 0 saturated heterocycles. The van der Waals surface area contributed by atoms with Crippen LogP contribution in [-0.4, -0.2) is 27.3 Å². The van der Waals surface area contributed by atoms with E-state index in [1.807, 2.05) is 6.92 Å². The minimum absolute atomic E-state index is 0.0625. The highest BCUT2D eigenvalue weighted by atomic mass is 19.1. The van der Waals surface area contributed by atoms with E-state index >= 15 is 0 Å². The summed E-state index contributed by atoms with van der Waals surface area (Å²) in [4.78, 5) is 21.6. The molecule has 19 heavy (non-hydrogen) atoms. The van der Waals surface area contributed by atoms with Crippen LogP contribution in [0.4, 0.5) is 4.39 Å². The summed E-state index contributed by atoms with van der Waals surface area (Å²) in [5.41, 5.74) is 2.52. The molecule has 1 amide bonds. The Balaban J connectivity index is 1.87. The van der Waals surface area contributed by atoms with Crippen molar-refractivity contribution in [3.63, 3.8) is 0 Å². The van der Waals surface area contributed by atoms with E-state index in [4.69, 9.17) is 0 Å². The normalized spacial score (nSPS) is 18.2. The monoisotopic (exact) mass is 259 g/mol. The highest BCUT2D eigenvalue weighted by molar-refractivity contribution is 5.94. The zero-order valence-corrected chi connectivity index (χ0v) is 10.6. The van der Waals surface area contributed by atoms with Crippen LogP contribution < -0.4 is 0 Å². The van der Waals surface area contributed by atoms with Crippen molar-refractivity contribution in [2.75, 3.05) is 6.54 Å². The van der Waals surface area contributed by atoms with Crippen molar-refractivity contribution < 1.29 is 9.18 Å². The van der Waals surface area contributed by atoms with Crippen LogP contribution >= 0.6 is 0 Å². The van der Waals surface area contributed by atoms with Crippen molar-refractivity contribution in [2.45, 2.75) is 19.4 Å². The third-order valence-electron chi connectivity index (χ3n) is 3.57. The molecular weight excluding hydrogens is 245 g/mol. The Labute approximate surface area is 110 Å². The topological polar surface area (TPSA) is 49.0 Å². The first kappa shape index (κ1) is 11.9. The zero-order valence-electron chi connectivity index (χ0n) is 10.6. The quantitative estimate of drug-likeness (QED) is 0.854. The van der Waals surface area contributed by atoms with Crippen LogP contribution in [0.15, 0.2) is 30.6 Å². The van der Waals surface area contributed by atoms with Crippen molar-refractivity contribution in [3.8, 4) is 0 Å². The molecule has 0 spiro atoms. The van der Waals surface area contributed by atoms with Crippen LogP contribution in [-0.2, 0) is 6.42 Å². The molecule has 1 unspecified atom stereocenters. The molecule has 1 aliphatic heterocycles. The molecule has 5 heteroatoms. The first-order chi connectivity index (χ1) is 9.16. The molecule has 2 heterocycles. The highest BCUT2D eigenvalue weighted by Gasteiger charge is 2.29. The van der Waals surface area contributed by atoms with E-state index in [1.165, 1.54) is 24.3 Å². The van der Waals surface area contributed by atoms with Gasteiger partial charge in [-0.25, -0.2) is 9.37 Å². The number of fused-ring (bicyclic) bond motifs is 1. The van der Waals surface area contributed by atoms with Crippen molar-refractivity contribution in [1.29, 1.82) is 0 Å². The molecule has 0 saturated carbocycles. The van der Waals surface area contributed by atoms with Crippen LogP contribution in [0.5, 0.6) is 0 Å². The van der Waals surface area contributed by atoms with Crippen molar-refractivity contribution in [1.82, 2.24) is 14.9 Å². The lowest BCUT2D eigenvalue weighted by Crippen LogP contribution is -2.38. The molecular formula is C14H14FN3O. The van der Waals surface area contributed by atoms with Gasteiger partial charge in [-0.15, -0.1) is 0 Å². The van der Waals surface area contributed by atoms with Crippen molar-refractivity contribution in [3.05, 3.63) is 53.4 Å². The number of aromatic amines is 1. The van der Waals surface area contributed by atoms with E-state index in [0.717, 1.165) is 17.8 Å². The maximum atomic E-state index is 12.9. The maximum absolute atomic E-state index is 12.9. The Morgan fingerprint density at radius 2 is 2.16 bits per heavy atom. The van der Waals surface area contributed by atoms with Gasteiger partial charge in [0.15, 0.2) is 0 Å². The van der Waals surface area contributed by atoms with E-state index in [-0.39, 0.29) is 17.8 Å². The standard InChI is InChI=1S/C14H14FN3O/c1-9-13-12(16-8-17-13)6-7-18(9)14(19)10-2-4-11(15)5-3-10/h2-5,8-9H,6-7H2,1H3,(H,16,17). The largest absolute Gasteiger partial charge is 0.348 e. The van der Waals surface area contributed by atoms with Gasteiger partial charge in [0.25, 0.3) is 5.91 Å². The maximum Gasteiger partial charge on any atom is 0.254 e. The molecule has 2 aromatic rings. The number of rotatable bonds is 1. The predicted octanol–water partition coefficient (Wildman–Crippen LogP) is 2.31. The molecule has 1 aromatic carbocycles. The van der Waals surface area contributed by atoms with Crippen molar-refractivity contribution in [2.24, 2.45) is 0 Å². The fraction of sp³-hybridized carbons (Fsp3) is 0.286. The van der Waals surface area contributed by atoms with Crippen LogP contribution in [0.3, 0.4) is 0 Å². The molecule has 3 rings (SSSR count). The number of nitrogens with zero attached hydrogens (tertiary/aromatic N) is 2. The van der Waals surface area contributed by atoms with E-state index in [9.17, 15) is 9.18 Å². The Hall–Kier alpha value is -2.17. The molecule has 0 aliphatic carbocycles. The molecule has 1 aliphatic rings. The van der Waals surface area contributed by atoms with Crippen LogP contribution in [0.2, 0.25) is 0 Å². The molecule has 1 aromatic heterocycles. The average Bonchev–Trinajstić information content (AvgIpc) is 2.88. The summed E-state index contributed by atoms with van der Waals surface area (Å²) in [5.74, 6) is -0.418. The molecule has 1 N–H and O–H groups in total. The number of amides is 1. The van der Waals surface area contributed by atoms with Crippen LogP contribution in [0.1, 0.15) is 34.7 Å². The van der Waals surface area contributed by atoms with Gasteiger partial charge in [-0.1, -0.05) is 0 Å². The number of imidazole rings is 1. The van der Waals surface area contributed by atoms with Crippen LogP contribution in [0, 0.1) is 5.82 Å². The second-order valence-electron chi connectivity index (χ2n) is 4.70. The van der Waals surface area contributed by atoms with Gasteiger partial charge >= 0.3 is 0 Å². The summed E-state index contributed by atoms with van der Waals surface area (Å²) in [7, 11) is 0. The summed E-state index contributed by atoms with van der Waals surface area (Å²) in [6, 6.07) is 5.59. The molecule has 4 nitrogen and oxygen atoms in total. The summed E-state index contributed by atoms with van der Waals surface area (Å²) in [6.07, 6.45) is 2.43. The van der Waals surface area contributed by atoms with Crippen molar-refractivity contribution >= 4 is 5.91 Å². The summed E-state index contributed by atoms with van der Waals surface area (Å²) in [6.45, 7) is 2.60. The predicted molar refractivity (Wildman–Crippen MR) is 68.1 cm³/mol. The van der Waals surface area contributed by atoms with E-state index in [1.54, 1.807) is 11.2 Å². The Morgan fingerprint density at radius 3 is 2.89 bits per heavy atom. The summed E-state index contributed by atoms with van der Waals surface area (Å²) in [5, 5.41) is 0. The molecule has 98 valence electrons. The second kappa shape index (κ2) is 4.50. The first-order valence-corrected chi connectivity index (χ1v) is 6.25. The summed E-state index contributed by atoms with van der Waals surface area (Å²) >= 11 is 0. The van der Waals surface area contributed by atoms with Gasteiger partial charge in [-0.05, 0) is 31.2 Å². The van der Waals surface area contributed by atoms with Gasteiger partial charge in [-0.3, -0.25) is 4.79 Å².